The van der Waals surface area contributed by atoms with Crippen LogP contribution in [0.1, 0.15) is 0 Å². The molecule has 11 heteroatoms. The molecule has 0 aliphatic carbocycles. The molecule has 0 unspecified atom stereocenters. The van der Waals surface area contributed by atoms with E-state index in [1.165, 1.54) is 11.0 Å². The fourth-order valence-electron chi connectivity index (χ4n) is 2.53. The number of nitrogens with one attached hydrogen (secondary N) is 1. The molecular formula is C18H11ClF2N6OS. The summed E-state index contributed by atoms with van der Waals surface area (Å²) in [6, 6.07) is 9.96. The Morgan fingerprint density at radius 2 is 2.03 bits per heavy atom. The largest absolute Gasteiger partial charge is 0.323 e. The Labute approximate surface area is 172 Å². The number of anilines is 1. The second-order valence-electron chi connectivity index (χ2n) is 5.79. The lowest BCUT2D eigenvalue weighted by Crippen LogP contribution is -2.15. The standard InChI is InChI=1S/C18H11ClF2N6OS/c19-10-2-1-3-12(6-10)27-17-16(25-26-27)18(23-9-22-17)29-8-15(28)24-14-5-4-11(20)7-13(14)21/h1-7,9H,8H2,(H,24,28). The highest BCUT2D eigenvalue weighted by atomic mass is 35.5. The van der Waals surface area contributed by atoms with Gasteiger partial charge >= 0.3 is 0 Å². The van der Waals surface area contributed by atoms with Crippen molar-refractivity contribution >= 4 is 46.1 Å². The molecule has 2 heterocycles. The number of halogens is 3. The molecule has 0 aliphatic rings. The second-order valence-corrected chi connectivity index (χ2v) is 7.19. The Bertz CT molecular complexity index is 1220. The lowest BCUT2D eigenvalue weighted by Gasteiger charge is -2.06. The van der Waals surface area contributed by atoms with Gasteiger partial charge in [0.15, 0.2) is 11.2 Å². The summed E-state index contributed by atoms with van der Waals surface area (Å²) in [4.78, 5) is 20.5. The second kappa shape index (κ2) is 8.10. The minimum atomic E-state index is -0.850. The van der Waals surface area contributed by atoms with Gasteiger partial charge in [-0.05, 0) is 30.3 Å². The molecule has 0 radical (unpaired) electrons. The van der Waals surface area contributed by atoms with Crippen molar-refractivity contribution in [1.29, 1.82) is 0 Å². The molecule has 4 aromatic rings. The van der Waals surface area contributed by atoms with E-state index in [0.717, 1.165) is 23.9 Å². The van der Waals surface area contributed by atoms with Crippen LogP contribution in [-0.4, -0.2) is 36.6 Å². The van der Waals surface area contributed by atoms with E-state index >= 15 is 0 Å². The smallest absolute Gasteiger partial charge is 0.234 e. The van der Waals surface area contributed by atoms with E-state index in [0.29, 0.717) is 33.0 Å². The Morgan fingerprint density at radius 1 is 1.17 bits per heavy atom. The van der Waals surface area contributed by atoms with Crippen LogP contribution < -0.4 is 5.32 Å². The Balaban J connectivity index is 1.52. The van der Waals surface area contributed by atoms with Crippen LogP contribution in [0, 0.1) is 11.6 Å². The number of thioether (sulfide) groups is 1. The summed E-state index contributed by atoms with van der Waals surface area (Å²) in [5, 5.41) is 11.6. The maximum absolute atomic E-state index is 13.7. The number of benzene rings is 2. The van der Waals surface area contributed by atoms with Crippen LogP contribution >= 0.6 is 23.4 Å². The van der Waals surface area contributed by atoms with E-state index < -0.39 is 17.5 Å². The van der Waals surface area contributed by atoms with E-state index in [9.17, 15) is 13.6 Å². The van der Waals surface area contributed by atoms with Gasteiger partial charge in [-0.1, -0.05) is 34.6 Å². The highest BCUT2D eigenvalue weighted by molar-refractivity contribution is 8.00. The van der Waals surface area contributed by atoms with Gasteiger partial charge in [0.1, 0.15) is 23.0 Å². The number of aromatic nitrogens is 5. The van der Waals surface area contributed by atoms with E-state index in [1.54, 1.807) is 24.3 Å². The fraction of sp³-hybridized carbons (Fsp3) is 0.0556. The van der Waals surface area contributed by atoms with Gasteiger partial charge in [0.05, 0.1) is 17.1 Å². The molecule has 0 aliphatic heterocycles. The summed E-state index contributed by atoms with van der Waals surface area (Å²) in [5.41, 5.74) is 1.45. The molecule has 146 valence electrons. The zero-order chi connectivity index (χ0) is 20.4. The normalized spacial score (nSPS) is 11.0. The highest BCUT2D eigenvalue weighted by Crippen LogP contribution is 2.25. The predicted octanol–water partition coefficient (Wildman–Crippen LogP) is 3.87. The van der Waals surface area contributed by atoms with Crippen molar-refractivity contribution < 1.29 is 13.6 Å². The Hall–Kier alpha value is -3.11. The lowest BCUT2D eigenvalue weighted by atomic mass is 10.3. The third-order valence-corrected chi connectivity index (χ3v) is 5.02. The van der Waals surface area contributed by atoms with Crippen LogP contribution in [0.2, 0.25) is 5.02 Å². The van der Waals surface area contributed by atoms with E-state index in [2.05, 4.69) is 25.6 Å². The average molecular weight is 433 g/mol. The number of nitrogens with zero attached hydrogens (tertiary/aromatic N) is 5. The molecule has 1 amide bonds. The summed E-state index contributed by atoms with van der Waals surface area (Å²) in [7, 11) is 0. The Kier molecular flexibility index (Phi) is 5.36. The summed E-state index contributed by atoms with van der Waals surface area (Å²) in [6.45, 7) is 0. The monoisotopic (exact) mass is 432 g/mol. The molecule has 0 fully saturated rings. The summed E-state index contributed by atoms with van der Waals surface area (Å²) in [5.74, 6) is -2.11. The third-order valence-electron chi connectivity index (χ3n) is 3.80. The van der Waals surface area contributed by atoms with Gasteiger partial charge in [0.25, 0.3) is 0 Å². The van der Waals surface area contributed by atoms with Gasteiger partial charge < -0.3 is 5.32 Å². The van der Waals surface area contributed by atoms with Crippen LogP contribution in [0.25, 0.3) is 16.9 Å². The number of hydrogen-bond acceptors (Lipinski definition) is 6. The highest BCUT2D eigenvalue weighted by Gasteiger charge is 2.15. The SMILES string of the molecule is O=C(CSc1ncnc2c1nnn2-c1cccc(Cl)c1)Nc1ccc(F)cc1F. The van der Waals surface area contributed by atoms with Gasteiger partial charge in [0.2, 0.25) is 5.91 Å². The molecule has 2 aromatic carbocycles. The number of fused-ring (bicyclic) bond motifs is 1. The minimum Gasteiger partial charge on any atom is -0.323 e. The van der Waals surface area contributed by atoms with Gasteiger partial charge in [-0.25, -0.2) is 18.7 Å². The quantitative estimate of drug-likeness (QED) is 0.380. The summed E-state index contributed by atoms with van der Waals surface area (Å²) < 4.78 is 28.1. The zero-order valence-corrected chi connectivity index (χ0v) is 16.1. The number of carbonyl (C=O) groups excluding carboxylic acids is 1. The summed E-state index contributed by atoms with van der Waals surface area (Å²) in [6.07, 6.45) is 1.34. The minimum absolute atomic E-state index is 0.0625. The Morgan fingerprint density at radius 3 is 2.83 bits per heavy atom. The zero-order valence-electron chi connectivity index (χ0n) is 14.5. The van der Waals surface area contributed by atoms with Gasteiger partial charge in [0, 0.05) is 11.1 Å². The van der Waals surface area contributed by atoms with E-state index in [-0.39, 0.29) is 11.4 Å². The number of rotatable bonds is 5. The van der Waals surface area contributed by atoms with Crippen molar-refractivity contribution in [3.8, 4) is 5.69 Å². The molecule has 0 spiro atoms. The number of amides is 1. The van der Waals surface area contributed by atoms with Crippen molar-refractivity contribution in [2.75, 3.05) is 11.1 Å². The van der Waals surface area contributed by atoms with E-state index in [4.69, 9.17) is 11.6 Å². The maximum Gasteiger partial charge on any atom is 0.234 e. The van der Waals surface area contributed by atoms with Crippen LogP contribution in [0.15, 0.2) is 53.8 Å². The first-order valence-electron chi connectivity index (χ1n) is 8.21. The summed E-state index contributed by atoms with van der Waals surface area (Å²) >= 11 is 7.12. The van der Waals surface area contributed by atoms with Crippen molar-refractivity contribution in [3.63, 3.8) is 0 Å². The molecule has 4 rings (SSSR count). The topological polar surface area (TPSA) is 85.6 Å². The van der Waals surface area contributed by atoms with Crippen LogP contribution in [0.4, 0.5) is 14.5 Å². The third kappa shape index (κ3) is 4.17. The first-order chi connectivity index (χ1) is 14.0. The molecule has 29 heavy (non-hydrogen) atoms. The van der Waals surface area contributed by atoms with Crippen molar-refractivity contribution in [3.05, 3.63) is 65.4 Å². The number of carbonyl (C=O) groups is 1. The molecule has 7 nitrogen and oxygen atoms in total. The van der Waals surface area contributed by atoms with Gasteiger partial charge in [-0.15, -0.1) is 5.10 Å². The number of hydrogen-bond donors (Lipinski definition) is 1. The van der Waals surface area contributed by atoms with Crippen molar-refractivity contribution in [2.24, 2.45) is 0 Å². The van der Waals surface area contributed by atoms with Crippen molar-refractivity contribution in [2.45, 2.75) is 5.03 Å². The molecular weight excluding hydrogens is 422 g/mol. The first kappa shape index (κ1) is 19.2. The van der Waals surface area contributed by atoms with Crippen LogP contribution in [0.5, 0.6) is 0 Å². The molecule has 0 saturated heterocycles. The van der Waals surface area contributed by atoms with Crippen LogP contribution in [0.3, 0.4) is 0 Å². The average Bonchev–Trinajstić information content (AvgIpc) is 3.13. The van der Waals surface area contributed by atoms with Gasteiger partial charge in [-0.3, -0.25) is 4.79 Å². The molecule has 0 bridgehead atoms. The van der Waals surface area contributed by atoms with Crippen LogP contribution in [-0.2, 0) is 4.79 Å². The maximum atomic E-state index is 13.7. The molecule has 2 aromatic heterocycles. The van der Waals surface area contributed by atoms with Gasteiger partial charge in [-0.2, -0.15) is 4.68 Å². The van der Waals surface area contributed by atoms with Crippen molar-refractivity contribution in [1.82, 2.24) is 25.0 Å². The molecule has 1 N–H and O–H groups in total. The molecule has 0 atom stereocenters. The predicted molar refractivity (Wildman–Crippen MR) is 105 cm³/mol. The van der Waals surface area contributed by atoms with E-state index in [1.807, 2.05) is 0 Å². The fourth-order valence-corrected chi connectivity index (χ4v) is 3.44. The lowest BCUT2D eigenvalue weighted by molar-refractivity contribution is -0.113. The first-order valence-corrected chi connectivity index (χ1v) is 9.57. The molecule has 0 saturated carbocycles.